The molecule has 2 rings (SSSR count). The Balaban J connectivity index is 2.05. The van der Waals surface area contributed by atoms with Crippen molar-refractivity contribution in [3.8, 4) is 5.75 Å². The van der Waals surface area contributed by atoms with Crippen LogP contribution >= 0.6 is 11.6 Å². The molecule has 0 spiro atoms. The number of ether oxygens (including phenoxy) is 1. The molecular weight excluding hydrogens is 386 g/mol. The molecule has 2 aromatic rings. The zero-order chi connectivity index (χ0) is 20.5. The lowest BCUT2D eigenvalue weighted by Crippen LogP contribution is -2.37. The lowest BCUT2D eigenvalue weighted by molar-refractivity contribution is -0.139. The highest BCUT2D eigenvalue weighted by molar-refractivity contribution is 6.35. The summed E-state index contributed by atoms with van der Waals surface area (Å²) in [6.07, 6.45) is 1.31. The number of carbonyl (C=O) groups excluding carboxylic acids is 2. The van der Waals surface area contributed by atoms with Crippen LogP contribution in [-0.4, -0.2) is 35.6 Å². The Bertz CT molecular complexity index is 897. The molecule has 9 heteroatoms. The van der Waals surface area contributed by atoms with Crippen molar-refractivity contribution in [2.75, 3.05) is 6.54 Å². The quantitative estimate of drug-likeness (QED) is 0.372. The Morgan fingerprint density at radius 2 is 1.86 bits per heavy atom. The molecule has 0 aliphatic rings. The molecule has 0 aromatic heterocycles. The van der Waals surface area contributed by atoms with Crippen molar-refractivity contribution in [3.63, 3.8) is 0 Å². The van der Waals surface area contributed by atoms with Crippen molar-refractivity contribution < 1.29 is 24.2 Å². The third kappa shape index (κ3) is 6.10. The second kappa shape index (κ2) is 10.1. The van der Waals surface area contributed by atoms with Crippen molar-refractivity contribution in [2.45, 2.75) is 13.5 Å². The summed E-state index contributed by atoms with van der Waals surface area (Å²) in [5, 5.41) is 15.5. The fraction of sp³-hybridized carbons (Fsp3) is 0.158. The van der Waals surface area contributed by atoms with E-state index < -0.39 is 17.8 Å². The molecule has 0 aliphatic carbocycles. The molecule has 3 N–H and O–H groups in total. The number of rotatable bonds is 7. The van der Waals surface area contributed by atoms with E-state index in [1.165, 1.54) is 18.3 Å². The van der Waals surface area contributed by atoms with E-state index >= 15 is 0 Å². The van der Waals surface area contributed by atoms with Gasteiger partial charge in [0.2, 0.25) is 0 Å². The number of carboxylic acid groups (broad SMARTS) is 1. The maximum Gasteiger partial charge on any atom is 0.335 e. The molecule has 0 heterocycles. The number of hydrogen-bond acceptors (Lipinski definition) is 5. The number of amides is 2. The van der Waals surface area contributed by atoms with Crippen molar-refractivity contribution in [1.82, 2.24) is 10.7 Å². The molecule has 0 saturated carbocycles. The van der Waals surface area contributed by atoms with Crippen LogP contribution in [0.4, 0.5) is 0 Å². The van der Waals surface area contributed by atoms with E-state index in [1.54, 1.807) is 37.3 Å². The van der Waals surface area contributed by atoms with Gasteiger partial charge in [0.15, 0.2) is 0 Å². The second-order valence-corrected chi connectivity index (χ2v) is 5.97. The minimum Gasteiger partial charge on any atom is -0.488 e. The van der Waals surface area contributed by atoms with Crippen LogP contribution in [0, 0.1) is 0 Å². The molecule has 2 amide bonds. The zero-order valence-corrected chi connectivity index (χ0v) is 15.7. The zero-order valence-electron chi connectivity index (χ0n) is 14.9. The van der Waals surface area contributed by atoms with Crippen LogP contribution in [0.25, 0.3) is 0 Å². The topological polar surface area (TPSA) is 117 Å². The first kappa shape index (κ1) is 20.9. The summed E-state index contributed by atoms with van der Waals surface area (Å²) in [6, 6.07) is 11.1. The number of likely N-dealkylation sites (N-methyl/N-ethyl adjacent to an activating group) is 1. The summed E-state index contributed by atoms with van der Waals surface area (Å²) in [7, 11) is 0. The highest BCUT2D eigenvalue weighted by atomic mass is 35.5. The van der Waals surface area contributed by atoms with Gasteiger partial charge in [0.05, 0.1) is 11.8 Å². The number of benzene rings is 2. The van der Waals surface area contributed by atoms with Crippen molar-refractivity contribution in [3.05, 3.63) is 64.2 Å². The largest absolute Gasteiger partial charge is 0.488 e. The summed E-state index contributed by atoms with van der Waals surface area (Å²) in [5.74, 6) is -2.23. The normalized spacial score (nSPS) is 10.5. The number of nitrogens with zero attached hydrogens (tertiary/aromatic N) is 1. The van der Waals surface area contributed by atoms with Gasteiger partial charge in [0, 0.05) is 17.1 Å². The van der Waals surface area contributed by atoms with Gasteiger partial charge in [-0.05, 0) is 42.8 Å². The van der Waals surface area contributed by atoms with Gasteiger partial charge < -0.3 is 15.2 Å². The van der Waals surface area contributed by atoms with Crippen LogP contribution in [0.3, 0.4) is 0 Å². The third-order valence-corrected chi connectivity index (χ3v) is 3.72. The van der Waals surface area contributed by atoms with Gasteiger partial charge in [0.25, 0.3) is 0 Å². The lowest BCUT2D eigenvalue weighted by atomic mass is 10.1. The van der Waals surface area contributed by atoms with Gasteiger partial charge in [-0.1, -0.05) is 23.7 Å². The summed E-state index contributed by atoms with van der Waals surface area (Å²) >= 11 is 5.99. The first-order valence-corrected chi connectivity index (χ1v) is 8.64. The Hall–Kier alpha value is -3.39. The monoisotopic (exact) mass is 403 g/mol. The molecule has 0 fully saturated rings. The number of hydrogen-bond donors (Lipinski definition) is 3. The number of halogens is 1. The van der Waals surface area contributed by atoms with Crippen molar-refractivity contribution >= 4 is 35.6 Å². The van der Waals surface area contributed by atoms with E-state index in [0.29, 0.717) is 22.9 Å². The fourth-order valence-corrected chi connectivity index (χ4v) is 2.29. The second-order valence-electron chi connectivity index (χ2n) is 5.53. The SMILES string of the molecule is CCNC(=O)C(=O)N/N=C\c1cc(Cl)ccc1OCc1ccc(C(=O)O)cc1. The standard InChI is InChI=1S/C19H18ClN3O5/c1-2-21-17(24)18(25)23-22-10-14-9-15(20)7-8-16(14)28-11-12-3-5-13(6-4-12)19(26)27/h3-10H,2,11H2,1H3,(H,21,24)(H,23,25)(H,26,27)/b22-10-. The Labute approximate surface area is 166 Å². The molecule has 8 nitrogen and oxygen atoms in total. The average Bonchev–Trinajstić information content (AvgIpc) is 2.67. The molecule has 0 saturated heterocycles. The van der Waals surface area contributed by atoms with Crippen molar-refractivity contribution in [2.24, 2.45) is 5.10 Å². The van der Waals surface area contributed by atoms with Crippen LogP contribution < -0.4 is 15.5 Å². The molecule has 0 aliphatic heterocycles. The molecule has 28 heavy (non-hydrogen) atoms. The van der Waals surface area contributed by atoms with Crippen LogP contribution in [0.1, 0.15) is 28.4 Å². The van der Waals surface area contributed by atoms with E-state index in [1.807, 2.05) is 0 Å². The van der Waals surface area contributed by atoms with Gasteiger partial charge >= 0.3 is 17.8 Å². The first-order chi connectivity index (χ1) is 13.4. The number of hydrazone groups is 1. The van der Waals surface area contributed by atoms with E-state index in [0.717, 1.165) is 5.56 Å². The van der Waals surface area contributed by atoms with E-state index in [-0.39, 0.29) is 12.2 Å². The molecular formula is C19H18ClN3O5. The third-order valence-electron chi connectivity index (χ3n) is 3.48. The molecule has 0 radical (unpaired) electrons. The highest BCUT2D eigenvalue weighted by Gasteiger charge is 2.11. The number of carboxylic acids is 1. The minimum atomic E-state index is -1.00. The van der Waals surface area contributed by atoms with E-state index in [9.17, 15) is 14.4 Å². The number of carbonyl (C=O) groups is 3. The highest BCUT2D eigenvalue weighted by Crippen LogP contribution is 2.22. The summed E-state index contributed by atoms with van der Waals surface area (Å²) in [4.78, 5) is 33.8. The van der Waals surface area contributed by atoms with Crippen LogP contribution in [0.5, 0.6) is 5.75 Å². The summed E-state index contributed by atoms with van der Waals surface area (Å²) in [5.41, 5.74) is 3.57. The predicted molar refractivity (Wildman–Crippen MR) is 104 cm³/mol. The predicted octanol–water partition coefficient (Wildman–Crippen LogP) is 2.20. The minimum absolute atomic E-state index is 0.186. The maximum atomic E-state index is 11.5. The van der Waals surface area contributed by atoms with Crippen LogP contribution in [0.2, 0.25) is 5.02 Å². The Morgan fingerprint density at radius 1 is 1.14 bits per heavy atom. The molecule has 2 aromatic carbocycles. The number of aromatic carboxylic acids is 1. The van der Waals surface area contributed by atoms with Crippen LogP contribution in [-0.2, 0) is 16.2 Å². The maximum absolute atomic E-state index is 11.5. The smallest absolute Gasteiger partial charge is 0.335 e. The van der Waals surface area contributed by atoms with Gasteiger partial charge in [-0.2, -0.15) is 5.10 Å². The lowest BCUT2D eigenvalue weighted by Gasteiger charge is -2.10. The Morgan fingerprint density at radius 3 is 2.50 bits per heavy atom. The molecule has 146 valence electrons. The molecule has 0 atom stereocenters. The molecule has 0 unspecified atom stereocenters. The van der Waals surface area contributed by atoms with Gasteiger partial charge in [-0.3, -0.25) is 9.59 Å². The van der Waals surface area contributed by atoms with Crippen molar-refractivity contribution in [1.29, 1.82) is 0 Å². The fourth-order valence-electron chi connectivity index (χ4n) is 2.11. The summed E-state index contributed by atoms with van der Waals surface area (Å²) in [6.45, 7) is 2.21. The van der Waals surface area contributed by atoms with Crippen LogP contribution in [0.15, 0.2) is 47.6 Å². The van der Waals surface area contributed by atoms with E-state index in [2.05, 4.69) is 15.8 Å². The summed E-state index contributed by atoms with van der Waals surface area (Å²) < 4.78 is 5.73. The van der Waals surface area contributed by atoms with E-state index in [4.69, 9.17) is 21.4 Å². The average molecular weight is 404 g/mol. The Kier molecular flexibility index (Phi) is 7.53. The van der Waals surface area contributed by atoms with Gasteiger partial charge in [-0.15, -0.1) is 0 Å². The number of nitrogens with one attached hydrogen (secondary N) is 2. The molecule has 0 bridgehead atoms. The first-order valence-electron chi connectivity index (χ1n) is 8.26. The van der Waals surface area contributed by atoms with Gasteiger partial charge in [-0.25, -0.2) is 10.2 Å². The van der Waals surface area contributed by atoms with Gasteiger partial charge in [0.1, 0.15) is 12.4 Å².